The minimum Gasteiger partial charge on any atom is -0.264 e. The Labute approximate surface area is 57.4 Å². The second-order valence-corrected chi connectivity index (χ2v) is 1.34. The Kier molecular flexibility index (Phi) is 4.91. The van der Waals surface area contributed by atoms with E-state index in [9.17, 15) is 0 Å². The summed E-state index contributed by atoms with van der Waals surface area (Å²) in [6.07, 6.45) is 0. The van der Waals surface area contributed by atoms with E-state index in [1.165, 1.54) is 0 Å². The van der Waals surface area contributed by atoms with Crippen molar-refractivity contribution in [3.8, 4) is 0 Å². The van der Waals surface area contributed by atoms with Gasteiger partial charge in [0.2, 0.25) is 0 Å². The molecule has 0 unspecified atom stereocenters. The first-order valence-corrected chi connectivity index (χ1v) is 2.10. The largest absolute Gasteiger partial charge is 0.394 e. The van der Waals surface area contributed by atoms with E-state index >= 15 is 0 Å². The second-order valence-electron chi connectivity index (χ2n) is 0.448. The van der Waals surface area contributed by atoms with E-state index in [2.05, 4.69) is 0 Å². The Morgan fingerprint density at radius 3 is 1.17 bits per heavy atom. The summed E-state index contributed by atoms with van der Waals surface area (Å²) in [5, 5.41) is 0. The third kappa shape index (κ3) is 96.4. The summed E-state index contributed by atoms with van der Waals surface area (Å²) in [6, 6.07) is 0. The van der Waals surface area contributed by atoms with Gasteiger partial charge in [0.25, 0.3) is 0 Å². The van der Waals surface area contributed by atoms with Gasteiger partial charge in [-0.15, -0.1) is 0 Å². The molecule has 2 N–H and O–H groups in total. The number of hydrogen-bond acceptors (Lipinski definition) is 2. The van der Waals surface area contributed by atoms with E-state index in [1.807, 2.05) is 0 Å². The fourth-order valence-corrected chi connectivity index (χ4v) is 0. The topological polar surface area (TPSA) is 74.6 Å². The maximum atomic E-state index is 8.74. The monoisotopic (exact) mass is 121 g/mol. The third-order valence-corrected chi connectivity index (χ3v) is 0. The molecule has 33 valence electrons. The molecular formula is H2NaO4S. The van der Waals surface area contributed by atoms with Gasteiger partial charge >= 0.3 is 10.4 Å². The Hall–Kier alpha value is 0.870. The fourth-order valence-electron chi connectivity index (χ4n) is 0. The van der Waals surface area contributed by atoms with Crippen molar-refractivity contribution in [2.24, 2.45) is 0 Å². The van der Waals surface area contributed by atoms with E-state index in [4.69, 9.17) is 17.5 Å². The first-order chi connectivity index (χ1) is 2.00. The zero-order valence-electron chi connectivity index (χ0n) is 3.12. The fraction of sp³-hybridized carbons (Fsp3) is 0. The van der Waals surface area contributed by atoms with Crippen molar-refractivity contribution in [2.75, 3.05) is 0 Å². The van der Waals surface area contributed by atoms with Crippen LogP contribution < -0.4 is 0 Å². The van der Waals surface area contributed by atoms with Gasteiger partial charge in [0.15, 0.2) is 0 Å². The predicted octanol–water partition coefficient (Wildman–Crippen LogP) is -1.03. The minimum absolute atomic E-state index is 0. The van der Waals surface area contributed by atoms with Gasteiger partial charge in [0.05, 0.1) is 0 Å². The van der Waals surface area contributed by atoms with Crippen molar-refractivity contribution in [1.29, 1.82) is 0 Å². The van der Waals surface area contributed by atoms with Crippen LogP contribution in [-0.4, -0.2) is 47.1 Å². The molecular weight excluding hydrogens is 119 g/mol. The first kappa shape index (κ1) is 9.98. The molecule has 6 heteroatoms. The van der Waals surface area contributed by atoms with Gasteiger partial charge in [0.1, 0.15) is 0 Å². The van der Waals surface area contributed by atoms with E-state index in [0.29, 0.717) is 0 Å². The Balaban J connectivity index is 0. The minimum atomic E-state index is -4.67. The molecule has 0 saturated heterocycles. The van der Waals surface area contributed by atoms with Crippen molar-refractivity contribution >= 4 is 40.0 Å². The van der Waals surface area contributed by atoms with Crippen molar-refractivity contribution in [1.82, 2.24) is 0 Å². The molecule has 0 aromatic rings. The third-order valence-electron chi connectivity index (χ3n) is 0. The maximum absolute atomic E-state index is 8.74. The SMILES string of the molecule is O=S(=O)(O)O.[Na]. The molecule has 0 fully saturated rings. The molecule has 0 aromatic heterocycles. The van der Waals surface area contributed by atoms with E-state index in [0.717, 1.165) is 0 Å². The normalized spacial score (nSPS) is 9.67. The summed E-state index contributed by atoms with van der Waals surface area (Å²) in [7, 11) is -4.67. The molecule has 0 atom stereocenters. The van der Waals surface area contributed by atoms with Crippen LogP contribution in [0.5, 0.6) is 0 Å². The maximum Gasteiger partial charge on any atom is 0.394 e. The van der Waals surface area contributed by atoms with Crippen molar-refractivity contribution in [3.05, 3.63) is 0 Å². The van der Waals surface area contributed by atoms with Crippen LogP contribution in [0.4, 0.5) is 0 Å². The molecule has 0 heterocycles. The summed E-state index contributed by atoms with van der Waals surface area (Å²) in [6.45, 7) is 0. The van der Waals surface area contributed by atoms with E-state index in [1.54, 1.807) is 0 Å². The molecule has 0 amide bonds. The van der Waals surface area contributed by atoms with Crippen LogP contribution in [0.15, 0.2) is 0 Å². The Bertz CT molecular complexity index is 90.7. The van der Waals surface area contributed by atoms with Gasteiger partial charge in [-0.25, -0.2) is 0 Å². The van der Waals surface area contributed by atoms with Crippen molar-refractivity contribution < 1.29 is 17.5 Å². The number of rotatable bonds is 0. The molecule has 0 aliphatic carbocycles. The zero-order chi connectivity index (χ0) is 4.50. The summed E-state index contributed by atoms with van der Waals surface area (Å²) in [5.74, 6) is 0. The molecule has 1 radical (unpaired) electrons. The summed E-state index contributed by atoms with van der Waals surface area (Å²) in [5.41, 5.74) is 0. The van der Waals surface area contributed by atoms with Crippen LogP contribution in [0, 0.1) is 0 Å². The van der Waals surface area contributed by atoms with Crippen LogP contribution >= 0.6 is 0 Å². The quantitative estimate of drug-likeness (QED) is 0.317. The average Bonchev–Trinajstić information content (AvgIpc) is 0.722. The van der Waals surface area contributed by atoms with Crippen LogP contribution in [-0.2, 0) is 10.4 Å². The molecule has 0 aromatic carbocycles. The van der Waals surface area contributed by atoms with Gasteiger partial charge in [-0.05, 0) is 0 Å². The predicted molar refractivity (Wildman–Crippen MR) is 19.9 cm³/mol. The smallest absolute Gasteiger partial charge is 0.264 e. The summed E-state index contributed by atoms with van der Waals surface area (Å²) in [4.78, 5) is 0. The van der Waals surface area contributed by atoms with Gasteiger partial charge in [-0.2, -0.15) is 8.42 Å². The zero-order valence-corrected chi connectivity index (χ0v) is 5.94. The first-order valence-electron chi connectivity index (χ1n) is 0.698. The molecule has 0 bridgehead atoms. The Morgan fingerprint density at radius 1 is 1.17 bits per heavy atom. The Morgan fingerprint density at radius 2 is 1.17 bits per heavy atom. The van der Waals surface area contributed by atoms with Crippen LogP contribution in [0.25, 0.3) is 0 Å². The molecule has 6 heavy (non-hydrogen) atoms. The van der Waals surface area contributed by atoms with Crippen molar-refractivity contribution in [2.45, 2.75) is 0 Å². The molecule has 4 nitrogen and oxygen atoms in total. The average molecular weight is 121 g/mol. The summed E-state index contributed by atoms with van der Waals surface area (Å²) >= 11 is 0. The number of hydrogen-bond donors (Lipinski definition) is 2. The van der Waals surface area contributed by atoms with Crippen LogP contribution in [0.2, 0.25) is 0 Å². The standard InChI is InChI=1S/Na.H2O4S/c;1-5(2,3)4/h;(H2,1,2,3,4). The van der Waals surface area contributed by atoms with Crippen LogP contribution in [0.1, 0.15) is 0 Å². The van der Waals surface area contributed by atoms with E-state index in [-0.39, 0.29) is 29.6 Å². The molecule has 0 saturated carbocycles. The van der Waals surface area contributed by atoms with E-state index < -0.39 is 10.4 Å². The molecule has 0 spiro atoms. The molecule has 0 rings (SSSR count). The van der Waals surface area contributed by atoms with Gasteiger partial charge in [0, 0.05) is 29.6 Å². The van der Waals surface area contributed by atoms with Gasteiger partial charge in [-0.1, -0.05) is 0 Å². The molecule has 0 aliphatic rings. The molecule has 0 aliphatic heterocycles. The van der Waals surface area contributed by atoms with Crippen molar-refractivity contribution in [3.63, 3.8) is 0 Å². The van der Waals surface area contributed by atoms with Crippen LogP contribution in [0.3, 0.4) is 0 Å². The summed E-state index contributed by atoms with van der Waals surface area (Å²) < 4.78 is 31.6. The second kappa shape index (κ2) is 2.95. The van der Waals surface area contributed by atoms with Gasteiger partial charge in [-0.3, -0.25) is 9.11 Å². The van der Waals surface area contributed by atoms with Gasteiger partial charge < -0.3 is 0 Å².